The van der Waals surface area contributed by atoms with Gasteiger partial charge in [0.15, 0.2) is 0 Å². The van der Waals surface area contributed by atoms with Crippen LogP contribution in [0.5, 0.6) is 0 Å². The molecule has 0 saturated carbocycles. The standard InChI is InChI=1S/C9H11N/c1-7-2-4-8(5-3-7)9-6-10-9/h2,4-7,9H,3H2,1H3. The van der Waals surface area contributed by atoms with Gasteiger partial charge in [0.1, 0.15) is 6.04 Å². The molecule has 1 nitrogen and oxygen atoms in total. The van der Waals surface area contributed by atoms with Crippen molar-refractivity contribution >= 4 is 6.21 Å². The zero-order valence-corrected chi connectivity index (χ0v) is 6.12. The summed E-state index contributed by atoms with van der Waals surface area (Å²) >= 11 is 0. The van der Waals surface area contributed by atoms with Crippen LogP contribution in [0.15, 0.2) is 28.8 Å². The van der Waals surface area contributed by atoms with Crippen LogP contribution in [0.1, 0.15) is 13.3 Å². The van der Waals surface area contributed by atoms with Crippen LogP contribution in [-0.4, -0.2) is 12.3 Å². The van der Waals surface area contributed by atoms with Crippen LogP contribution in [0, 0.1) is 5.92 Å². The lowest BCUT2D eigenvalue weighted by molar-refractivity contribution is 0.728. The smallest absolute Gasteiger partial charge is 0.109 e. The van der Waals surface area contributed by atoms with E-state index in [9.17, 15) is 0 Å². The summed E-state index contributed by atoms with van der Waals surface area (Å²) in [5.74, 6) is 0.725. The Balaban J connectivity index is 2.05. The van der Waals surface area contributed by atoms with Crippen LogP contribution in [0.2, 0.25) is 0 Å². The molecule has 0 aromatic carbocycles. The number of rotatable bonds is 1. The minimum atomic E-state index is 0.448. The summed E-state index contributed by atoms with van der Waals surface area (Å²) in [7, 11) is 0. The normalized spacial score (nSPS) is 35.9. The molecular weight excluding hydrogens is 122 g/mol. The minimum Gasteiger partial charge on any atom is -0.281 e. The molecule has 2 rings (SSSR count). The molecule has 1 heteroatoms. The van der Waals surface area contributed by atoms with Gasteiger partial charge in [-0.3, -0.25) is 4.99 Å². The van der Waals surface area contributed by atoms with Crippen LogP contribution < -0.4 is 0 Å². The Kier molecular flexibility index (Phi) is 1.23. The first-order chi connectivity index (χ1) is 4.86. The van der Waals surface area contributed by atoms with Gasteiger partial charge in [0.05, 0.1) is 0 Å². The maximum atomic E-state index is 4.11. The highest BCUT2D eigenvalue weighted by atomic mass is 14.9. The van der Waals surface area contributed by atoms with E-state index in [-0.39, 0.29) is 0 Å². The molecule has 0 aromatic heterocycles. The lowest BCUT2D eigenvalue weighted by Gasteiger charge is -2.09. The summed E-state index contributed by atoms with van der Waals surface area (Å²) in [6.45, 7) is 2.23. The van der Waals surface area contributed by atoms with Crippen LogP contribution >= 0.6 is 0 Å². The topological polar surface area (TPSA) is 12.4 Å². The molecule has 10 heavy (non-hydrogen) atoms. The summed E-state index contributed by atoms with van der Waals surface area (Å²) < 4.78 is 0. The molecule has 0 aromatic rings. The molecule has 2 atom stereocenters. The third-order valence-electron chi connectivity index (χ3n) is 1.98. The summed E-state index contributed by atoms with van der Waals surface area (Å²) in [6.07, 6.45) is 9.93. The Morgan fingerprint density at radius 3 is 2.90 bits per heavy atom. The first-order valence-corrected chi connectivity index (χ1v) is 3.78. The number of allylic oxidation sites excluding steroid dienone is 2. The first-order valence-electron chi connectivity index (χ1n) is 3.78. The number of hydrogen-bond acceptors (Lipinski definition) is 1. The van der Waals surface area contributed by atoms with E-state index in [0.717, 1.165) is 5.92 Å². The first kappa shape index (κ1) is 5.90. The molecular formula is C9H11N. The van der Waals surface area contributed by atoms with Crippen LogP contribution in [-0.2, 0) is 0 Å². The van der Waals surface area contributed by atoms with Crippen molar-refractivity contribution in [1.29, 1.82) is 0 Å². The number of hydrogen-bond donors (Lipinski definition) is 0. The average Bonchev–Trinajstić information content (AvgIpc) is 2.71. The van der Waals surface area contributed by atoms with Gasteiger partial charge in [-0.2, -0.15) is 0 Å². The van der Waals surface area contributed by atoms with Gasteiger partial charge in [-0.15, -0.1) is 0 Å². The molecule has 1 aliphatic carbocycles. The van der Waals surface area contributed by atoms with E-state index in [2.05, 4.69) is 30.1 Å². The fraction of sp³-hybridized carbons (Fsp3) is 0.444. The van der Waals surface area contributed by atoms with Crippen molar-refractivity contribution in [3.05, 3.63) is 23.8 Å². The lowest BCUT2D eigenvalue weighted by Crippen LogP contribution is -1.99. The highest BCUT2D eigenvalue weighted by molar-refractivity contribution is 5.83. The predicted molar refractivity (Wildman–Crippen MR) is 43.3 cm³/mol. The molecule has 1 heterocycles. The molecule has 0 N–H and O–H groups in total. The maximum absolute atomic E-state index is 4.11. The highest BCUT2D eigenvalue weighted by Crippen LogP contribution is 2.22. The molecule has 0 amide bonds. The maximum Gasteiger partial charge on any atom is 0.109 e. The quantitative estimate of drug-likeness (QED) is 0.518. The molecule has 0 radical (unpaired) electrons. The van der Waals surface area contributed by atoms with E-state index in [1.807, 2.05) is 6.21 Å². The van der Waals surface area contributed by atoms with Crippen LogP contribution in [0.4, 0.5) is 0 Å². The van der Waals surface area contributed by atoms with Crippen molar-refractivity contribution in [2.45, 2.75) is 19.4 Å². The van der Waals surface area contributed by atoms with Gasteiger partial charge in [-0.05, 0) is 17.9 Å². The van der Waals surface area contributed by atoms with E-state index < -0.39 is 0 Å². The lowest BCUT2D eigenvalue weighted by atomic mass is 9.97. The zero-order valence-electron chi connectivity index (χ0n) is 6.12. The van der Waals surface area contributed by atoms with E-state index in [1.165, 1.54) is 12.0 Å². The summed E-state index contributed by atoms with van der Waals surface area (Å²) in [5.41, 5.74) is 1.39. The summed E-state index contributed by atoms with van der Waals surface area (Å²) in [5, 5.41) is 0. The predicted octanol–water partition coefficient (Wildman–Crippen LogP) is 1.96. The van der Waals surface area contributed by atoms with Crippen molar-refractivity contribution in [3.8, 4) is 0 Å². The van der Waals surface area contributed by atoms with Gasteiger partial charge in [-0.1, -0.05) is 25.2 Å². The van der Waals surface area contributed by atoms with E-state index in [0.29, 0.717) is 6.04 Å². The third kappa shape index (κ3) is 1.04. The fourth-order valence-electron chi connectivity index (χ4n) is 1.18. The van der Waals surface area contributed by atoms with E-state index >= 15 is 0 Å². The molecule has 1 aliphatic heterocycles. The third-order valence-corrected chi connectivity index (χ3v) is 1.98. The van der Waals surface area contributed by atoms with Crippen molar-refractivity contribution in [3.63, 3.8) is 0 Å². The Hall–Kier alpha value is -0.850. The Labute approximate surface area is 61.2 Å². The van der Waals surface area contributed by atoms with E-state index in [4.69, 9.17) is 0 Å². The van der Waals surface area contributed by atoms with Crippen molar-refractivity contribution in [2.24, 2.45) is 10.9 Å². The fourth-order valence-corrected chi connectivity index (χ4v) is 1.18. The van der Waals surface area contributed by atoms with Gasteiger partial charge in [0, 0.05) is 6.21 Å². The summed E-state index contributed by atoms with van der Waals surface area (Å²) in [4.78, 5) is 4.11. The molecule has 0 bridgehead atoms. The SMILES string of the molecule is CC1C=CC(C2C=N2)=CC1. The average molecular weight is 133 g/mol. The van der Waals surface area contributed by atoms with Gasteiger partial charge in [-0.25, -0.2) is 0 Å². The largest absolute Gasteiger partial charge is 0.281 e. The highest BCUT2D eigenvalue weighted by Gasteiger charge is 2.18. The second kappa shape index (κ2) is 2.08. The van der Waals surface area contributed by atoms with Gasteiger partial charge < -0.3 is 0 Å². The molecule has 52 valence electrons. The second-order valence-corrected chi connectivity index (χ2v) is 3.02. The molecule has 2 unspecified atom stereocenters. The zero-order chi connectivity index (χ0) is 6.97. The molecule has 2 aliphatic rings. The van der Waals surface area contributed by atoms with E-state index in [1.54, 1.807) is 0 Å². The molecule has 0 spiro atoms. The summed E-state index contributed by atoms with van der Waals surface area (Å²) in [6, 6.07) is 0.448. The monoisotopic (exact) mass is 133 g/mol. The Morgan fingerprint density at radius 1 is 1.60 bits per heavy atom. The van der Waals surface area contributed by atoms with Crippen molar-refractivity contribution < 1.29 is 0 Å². The number of aliphatic imine (C=N–C) groups is 1. The van der Waals surface area contributed by atoms with Gasteiger partial charge in [0.2, 0.25) is 0 Å². The molecule has 0 fully saturated rings. The van der Waals surface area contributed by atoms with Gasteiger partial charge in [0.25, 0.3) is 0 Å². The number of nitrogens with zero attached hydrogens (tertiary/aromatic N) is 1. The van der Waals surface area contributed by atoms with Crippen molar-refractivity contribution in [1.82, 2.24) is 0 Å². The Morgan fingerprint density at radius 2 is 2.40 bits per heavy atom. The van der Waals surface area contributed by atoms with Crippen LogP contribution in [0.3, 0.4) is 0 Å². The molecule has 0 saturated heterocycles. The minimum absolute atomic E-state index is 0.448. The second-order valence-electron chi connectivity index (χ2n) is 3.02. The van der Waals surface area contributed by atoms with Crippen molar-refractivity contribution in [2.75, 3.05) is 0 Å². The Bertz CT molecular complexity index is 217. The van der Waals surface area contributed by atoms with Gasteiger partial charge >= 0.3 is 0 Å². The van der Waals surface area contributed by atoms with Crippen LogP contribution in [0.25, 0.3) is 0 Å².